The third-order valence-corrected chi connectivity index (χ3v) is 4.19. The maximum Gasteiger partial charge on any atom is 0.246 e. The summed E-state index contributed by atoms with van der Waals surface area (Å²) in [5.74, 6) is 0.340. The fourth-order valence-electron chi connectivity index (χ4n) is 2.46. The lowest BCUT2D eigenvalue weighted by Crippen LogP contribution is -2.26. The van der Waals surface area contributed by atoms with Crippen LogP contribution < -0.4 is 0 Å². The van der Waals surface area contributed by atoms with Gasteiger partial charge in [0.1, 0.15) is 5.82 Å². The Kier molecular flexibility index (Phi) is 5.63. The molecular weight excluding hydrogens is 357 g/mol. The van der Waals surface area contributed by atoms with Crippen LogP contribution in [-0.4, -0.2) is 28.0 Å². The third kappa shape index (κ3) is 4.46. The van der Waals surface area contributed by atoms with Crippen molar-refractivity contribution in [2.45, 2.75) is 19.4 Å². The van der Waals surface area contributed by atoms with Crippen LogP contribution in [0.25, 0.3) is 11.4 Å². The quantitative estimate of drug-likeness (QED) is 0.652. The Hall–Kier alpha value is -2.73. The SMILES string of the molecule is CN(Cc1nc(-c2ccc(Cl)cc2)no1)C(=O)CCc1ccccc1F. The lowest BCUT2D eigenvalue weighted by Gasteiger charge is -2.14. The minimum atomic E-state index is -0.299. The summed E-state index contributed by atoms with van der Waals surface area (Å²) >= 11 is 5.86. The molecule has 0 unspecified atom stereocenters. The smallest absolute Gasteiger partial charge is 0.246 e. The highest BCUT2D eigenvalue weighted by Gasteiger charge is 2.15. The number of aryl methyl sites for hydroxylation is 1. The van der Waals surface area contributed by atoms with E-state index in [4.69, 9.17) is 16.1 Å². The van der Waals surface area contributed by atoms with Gasteiger partial charge in [0, 0.05) is 24.1 Å². The Morgan fingerprint density at radius 2 is 1.92 bits per heavy atom. The molecule has 3 rings (SSSR count). The summed E-state index contributed by atoms with van der Waals surface area (Å²) in [6.07, 6.45) is 0.547. The molecule has 0 N–H and O–H groups in total. The first-order valence-electron chi connectivity index (χ1n) is 8.09. The lowest BCUT2D eigenvalue weighted by molar-refractivity contribution is -0.130. The monoisotopic (exact) mass is 373 g/mol. The molecule has 0 saturated carbocycles. The summed E-state index contributed by atoms with van der Waals surface area (Å²) < 4.78 is 18.8. The summed E-state index contributed by atoms with van der Waals surface area (Å²) in [4.78, 5) is 18.0. The van der Waals surface area contributed by atoms with Gasteiger partial charge in [-0.2, -0.15) is 4.98 Å². The second-order valence-corrected chi connectivity index (χ2v) is 6.30. The van der Waals surface area contributed by atoms with Gasteiger partial charge in [-0.15, -0.1) is 0 Å². The molecule has 1 amide bonds. The van der Waals surface area contributed by atoms with Crippen molar-refractivity contribution in [3.63, 3.8) is 0 Å². The van der Waals surface area contributed by atoms with Gasteiger partial charge in [0.2, 0.25) is 17.6 Å². The van der Waals surface area contributed by atoms with Crippen molar-refractivity contribution in [1.82, 2.24) is 15.0 Å². The van der Waals surface area contributed by atoms with Gasteiger partial charge >= 0.3 is 0 Å². The lowest BCUT2D eigenvalue weighted by atomic mass is 10.1. The normalized spacial score (nSPS) is 10.7. The predicted molar refractivity (Wildman–Crippen MR) is 95.9 cm³/mol. The number of benzene rings is 2. The zero-order chi connectivity index (χ0) is 18.5. The number of hydrogen-bond acceptors (Lipinski definition) is 4. The van der Waals surface area contributed by atoms with E-state index < -0.39 is 0 Å². The minimum Gasteiger partial charge on any atom is -0.337 e. The maximum atomic E-state index is 13.6. The molecule has 1 heterocycles. The van der Waals surface area contributed by atoms with E-state index in [-0.39, 0.29) is 24.7 Å². The Bertz CT molecular complexity index is 896. The summed E-state index contributed by atoms with van der Waals surface area (Å²) in [7, 11) is 1.65. The average molecular weight is 374 g/mol. The van der Waals surface area contributed by atoms with Crippen molar-refractivity contribution in [3.8, 4) is 11.4 Å². The van der Waals surface area contributed by atoms with Crippen LogP contribution >= 0.6 is 11.6 Å². The summed E-state index contributed by atoms with van der Waals surface area (Å²) in [6, 6.07) is 13.5. The van der Waals surface area contributed by atoms with E-state index in [1.165, 1.54) is 11.0 Å². The van der Waals surface area contributed by atoms with Crippen LogP contribution in [0.15, 0.2) is 53.1 Å². The van der Waals surface area contributed by atoms with Crippen molar-refractivity contribution in [2.24, 2.45) is 0 Å². The molecule has 26 heavy (non-hydrogen) atoms. The maximum absolute atomic E-state index is 13.6. The van der Waals surface area contributed by atoms with Gasteiger partial charge in [-0.05, 0) is 42.3 Å². The van der Waals surface area contributed by atoms with Crippen LogP contribution in [0.3, 0.4) is 0 Å². The van der Waals surface area contributed by atoms with Crippen LogP contribution in [-0.2, 0) is 17.8 Å². The molecule has 0 atom stereocenters. The molecule has 1 aromatic heterocycles. The van der Waals surface area contributed by atoms with Gasteiger partial charge < -0.3 is 9.42 Å². The van der Waals surface area contributed by atoms with Crippen molar-refractivity contribution in [2.75, 3.05) is 7.05 Å². The molecule has 0 aliphatic heterocycles. The molecule has 0 aliphatic rings. The Labute approximate surface area is 155 Å². The van der Waals surface area contributed by atoms with Crippen LogP contribution in [0.4, 0.5) is 4.39 Å². The number of carbonyl (C=O) groups is 1. The Morgan fingerprint density at radius 1 is 1.19 bits per heavy atom. The molecule has 5 nitrogen and oxygen atoms in total. The topological polar surface area (TPSA) is 59.2 Å². The predicted octanol–water partition coefficient (Wildman–Crippen LogP) is 4.12. The highest BCUT2D eigenvalue weighted by atomic mass is 35.5. The van der Waals surface area contributed by atoms with Crippen molar-refractivity contribution in [3.05, 3.63) is 70.8 Å². The number of rotatable bonds is 6. The molecule has 2 aromatic carbocycles. The number of hydrogen-bond donors (Lipinski definition) is 0. The van der Waals surface area contributed by atoms with Crippen LogP contribution in [0, 0.1) is 5.82 Å². The van der Waals surface area contributed by atoms with Gasteiger partial charge in [0.05, 0.1) is 6.54 Å². The van der Waals surface area contributed by atoms with Crippen LogP contribution in [0.1, 0.15) is 17.9 Å². The Morgan fingerprint density at radius 3 is 2.65 bits per heavy atom. The number of carbonyl (C=O) groups excluding carboxylic acids is 1. The van der Waals surface area contributed by atoms with E-state index in [1.807, 2.05) is 0 Å². The number of nitrogens with zero attached hydrogens (tertiary/aromatic N) is 3. The molecule has 0 radical (unpaired) electrons. The second kappa shape index (κ2) is 8.10. The van der Waals surface area contributed by atoms with Crippen molar-refractivity contribution >= 4 is 17.5 Å². The Balaban J connectivity index is 1.57. The van der Waals surface area contributed by atoms with E-state index in [0.29, 0.717) is 28.7 Å². The largest absolute Gasteiger partial charge is 0.337 e. The highest BCUT2D eigenvalue weighted by molar-refractivity contribution is 6.30. The fourth-order valence-corrected chi connectivity index (χ4v) is 2.59. The third-order valence-electron chi connectivity index (χ3n) is 3.93. The zero-order valence-electron chi connectivity index (χ0n) is 14.2. The molecule has 7 heteroatoms. The molecule has 134 valence electrons. The summed E-state index contributed by atoms with van der Waals surface area (Å²) in [5, 5.41) is 4.54. The van der Waals surface area contributed by atoms with E-state index >= 15 is 0 Å². The molecule has 3 aromatic rings. The molecular formula is C19H17ClFN3O2. The molecule has 0 fully saturated rings. The molecule has 0 spiro atoms. The molecule has 0 bridgehead atoms. The van der Waals surface area contributed by atoms with Crippen molar-refractivity contribution in [1.29, 1.82) is 0 Å². The van der Waals surface area contributed by atoms with Gasteiger partial charge in [0.25, 0.3) is 0 Å². The average Bonchev–Trinajstić information content (AvgIpc) is 3.09. The van der Waals surface area contributed by atoms with Gasteiger partial charge in [-0.1, -0.05) is 35.0 Å². The summed E-state index contributed by atoms with van der Waals surface area (Å²) in [6.45, 7) is 0.191. The zero-order valence-corrected chi connectivity index (χ0v) is 14.9. The van der Waals surface area contributed by atoms with E-state index in [1.54, 1.807) is 49.5 Å². The first kappa shape index (κ1) is 18.1. The standard InChI is InChI=1S/C19H17ClFN3O2/c1-24(18(25)11-8-13-4-2-3-5-16(13)21)12-17-22-19(23-26-17)14-6-9-15(20)10-7-14/h2-7,9-10H,8,11-12H2,1H3. The van der Waals surface area contributed by atoms with Crippen LogP contribution in [0.5, 0.6) is 0 Å². The first-order chi connectivity index (χ1) is 12.5. The fraction of sp³-hybridized carbons (Fsp3) is 0.211. The molecule has 0 aliphatic carbocycles. The minimum absolute atomic E-state index is 0.125. The van der Waals surface area contributed by atoms with E-state index in [0.717, 1.165) is 5.56 Å². The number of amides is 1. The first-order valence-corrected chi connectivity index (χ1v) is 8.46. The summed E-state index contributed by atoms with van der Waals surface area (Å²) in [5.41, 5.74) is 1.30. The van der Waals surface area contributed by atoms with Gasteiger partial charge in [-0.3, -0.25) is 4.79 Å². The van der Waals surface area contributed by atoms with Crippen molar-refractivity contribution < 1.29 is 13.7 Å². The van der Waals surface area contributed by atoms with E-state index in [2.05, 4.69) is 10.1 Å². The second-order valence-electron chi connectivity index (χ2n) is 5.86. The van der Waals surface area contributed by atoms with Gasteiger partial charge in [0.15, 0.2) is 0 Å². The van der Waals surface area contributed by atoms with Crippen LogP contribution in [0.2, 0.25) is 5.02 Å². The van der Waals surface area contributed by atoms with Gasteiger partial charge in [-0.25, -0.2) is 4.39 Å². The highest BCUT2D eigenvalue weighted by Crippen LogP contribution is 2.19. The number of halogens is 2. The van der Waals surface area contributed by atoms with E-state index in [9.17, 15) is 9.18 Å². The number of aromatic nitrogens is 2. The molecule has 0 saturated heterocycles.